The Hall–Kier alpha value is -1.71. The number of hydrogen-bond donors (Lipinski definition) is 2. The van der Waals surface area contributed by atoms with E-state index in [9.17, 15) is 23.3 Å². The number of nitrogens with one attached hydrogen (secondary N) is 2. The van der Waals surface area contributed by atoms with Crippen LogP contribution in [0.3, 0.4) is 0 Å². The SMILES string of the molecule is CNC(=O)CCNS(=O)(=O)c1cc([N+](=O)[O-])c(Cl)cc1C. The maximum absolute atomic E-state index is 12.1. The maximum Gasteiger partial charge on any atom is 0.289 e. The highest BCUT2D eigenvalue weighted by Gasteiger charge is 2.23. The van der Waals surface area contributed by atoms with E-state index in [0.29, 0.717) is 0 Å². The summed E-state index contributed by atoms with van der Waals surface area (Å²) in [5.41, 5.74) is -0.216. The normalized spacial score (nSPS) is 11.2. The zero-order valence-electron chi connectivity index (χ0n) is 11.3. The van der Waals surface area contributed by atoms with Gasteiger partial charge in [0.2, 0.25) is 15.9 Å². The first-order valence-corrected chi connectivity index (χ1v) is 7.70. The van der Waals surface area contributed by atoms with Crippen molar-refractivity contribution in [2.24, 2.45) is 0 Å². The van der Waals surface area contributed by atoms with Crippen molar-refractivity contribution in [1.29, 1.82) is 0 Å². The van der Waals surface area contributed by atoms with Gasteiger partial charge in [-0.2, -0.15) is 0 Å². The average molecular weight is 336 g/mol. The number of amides is 1. The molecule has 0 bridgehead atoms. The third-order valence-electron chi connectivity index (χ3n) is 2.65. The quantitative estimate of drug-likeness (QED) is 0.593. The first-order valence-electron chi connectivity index (χ1n) is 5.84. The lowest BCUT2D eigenvalue weighted by atomic mass is 10.2. The van der Waals surface area contributed by atoms with E-state index in [1.54, 1.807) is 0 Å². The number of nitro benzene ring substituents is 1. The topological polar surface area (TPSA) is 118 Å². The van der Waals surface area contributed by atoms with Gasteiger partial charge >= 0.3 is 0 Å². The van der Waals surface area contributed by atoms with Crippen molar-refractivity contribution in [2.75, 3.05) is 13.6 Å². The predicted octanol–water partition coefficient (Wildman–Crippen LogP) is 0.971. The molecule has 0 saturated heterocycles. The number of hydrogen-bond acceptors (Lipinski definition) is 5. The highest BCUT2D eigenvalue weighted by Crippen LogP contribution is 2.29. The number of nitrogens with zero attached hydrogens (tertiary/aromatic N) is 1. The number of carbonyl (C=O) groups is 1. The van der Waals surface area contributed by atoms with Crippen LogP contribution < -0.4 is 10.0 Å². The Balaban J connectivity index is 3.05. The van der Waals surface area contributed by atoms with Crippen molar-refractivity contribution < 1.29 is 18.1 Å². The van der Waals surface area contributed by atoms with Gasteiger partial charge in [0.05, 0.1) is 9.82 Å². The summed E-state index contributed by atoms with van der Waals surface area (Å²) in [4.78, 5) is 20.8. The highest BCUT2D eigenvalue weighted by molar-refractivity contribution is 7.89. The minimum Gasteiger partial charge on any atom is -0.359 e. The molecule has 10 heteroatoms. The van der Waals surface area contributed by atoms with Gasteiger partial charge in [-0.05, 0) is 18.6 Å². The van der Waals surface area contributed by atoms with Gasteiger partial charge in [-0.3, -0.25) is 14.9 Å². The van der Waals surface area contributed by atoms with Crippen molar-refractivity contribution in [2.45, 2.75) is 18.2 Å². The third kappa shape index (κ3) is 4.38. The highest BCUT2D eigenvalue weighted by atomic mass is 35.5. The van der Waals surface area contributed by atoms with Gasteiger partial charge in [-0.1, -0.05) is 11.6 Å². The Morgan fingerprint density at radius 3 is 2.57 bits per heavy atom. The van der Waals surface area contributed by atoms with Gasteiger partial charge in [-0.15, -0.1) is 0 Å². The molecule has 0 unspecified atom stereocenters. The molecule has 1 amide bonds. The molecule has 1 rings (SSSR count). The van der Waals surface area contributed by atoms with Crippen LogP contribution in [0.25, 0.3) is 0 Å². The largest absolute Gasteiger partial charge is 0.359 e. The minimum atomic E-state index is -3.96. The molecule has 0 aliphatic heterocycles. The first-order chi connectivity index (χ1) is 9.69. The molecule has 0 heterocycles. The van der Waals surface area contributed by atoms with E-state index >= 15 is 0 Å². The van der Waals surface area contributed by atoms with E-state index in [-0.39, 0.29) is 34.4 Å². The summed E-state index contributed by atoms with van der Waals surface area (Å²) in [5.74, 6) is -0.323. The van der Waals surface area contributed by atoms with Gasteiger partial charge < -0.3 is 5.32 Å². The third-order valence-corrected chi connectivity index (χ3v) is 4.56. The van der Waals surface area contributed by atoms with Gasteiger partial charge in [0.15, 0.2) is 0 Å². The van der Waals surface area contributed by atoms with Crippen LogP contribution in [0.4, 0.5) is 5.69 Å². The minimum absolute atomic E-state index is 0.0372. The molecule has 21 heavy (non-hydrogen) atoms. The van der Waals surface area contributed by atoms with Crippen LogP contribution >= 0.6 is 11.6 Å². The van der Waals surface area contributed by atoms with Crippen LogP contribution in [0.15, 0.2) is 17.0 Å². The summed E-state index contributed by atoms with van der Waals surface area (Å²) in [6, 6.07) is 2.12. The van der Waals surface area contributed by atoms with E-state index in [1.165, 1.54) is 20.0 Å². The summed E-state index contributed by atoms with van der Waals surface area (Å²) in [6.07, 6.45) is -0.0372. The fraction of sp³-hybridized carbons (Fsp3) is 0.364. The van der Waals surface area contributed by atoms with E-state index < -0.39 is 20.6 Å². The van der Waals surface area contributed by atoms with Crippen LogP contribution in [0.1, 0.15) is 12.0 Å². The van der Waals surface area contributed by atoms with E-state index in [2.05, 4.69) is 10.0 Å². The van der Waals surface area contributed by atoms with Crippen molar-refractivity contribution in [1.82, 2.24) is 10.0 Å². The molecule has 0 aliphatic carbocycles. The van der Waals surface area contributed by atoms with Gasteiger partial charge in [0, 0.05) is 26.1 Å². The second-order valence-electron chi connectivity index (χ2n) is 4.15. The van der Waals surface area contributed by atoms with Crippen LogP contribution in [0.5, 0.6) is 0 Å². The Bertz CT molecular complexity index is 675. The number of sulfonamides is 1. The summed E-state index contributed by atoms with van der Waals surface area (Å²) in [5, 5.41) is 13.0. The Morgan fingerprint density at radius 2 is 2.05 bits per heavy atom. The lowest BCUT2D eigenvalue weighted by Crippen LogP contribution is -2.29. The molecule has 0 fully saturated rings. The summed E-state index contributed by atoms with van der Waals surface area (Å²) < 4.78 is 26.4. The summed E-state index contributed by atoms with van der Waals surface area (Å²) >= 11 is 5.70. The summed E-state index contributed by atoms with van der Waals surface area (Å²) in [7, 11) is -2.53. The molecule has 2 N–H and O–H groups in total. The number of halogens is 1. The number of rotatable bonds is 6. The molecular weight excluding hydrogens is 322 g/mol. The van der Waals surface area contributed by atoms with Gasteiger partial charge in [0.1, 0.15) is 5.02 Å². The Labute approximate surface area is 126 Å². The molecule has 1 aromatic rings. The Morgan fingerprint density at radius 1 is 1.43 bits per heavy atom. The molecule has 0 atom stereocenters. The van der Waals surface area contributed by atoms with E-state index in [0.717, 1.165) is 6.07 Å². The van der Waals surface area contributed by atoms with E-state index in [4.69, 9.17) is 11.6 Å². The van der Waals surface area contributed by atoms with Crippen LogP contribution in [0, 0.1) is 17.0 Å². The van der Waals surface area contributed by atoms with Gasteiger partial charge in [-0.25, -0.2) is 13.1 Å². The second kappa shape index (κ2) is 6.83. The lowest BCUT2D eigenvalue weighted by Gasteiger charge is -2.09. The molecule has 0 aromatic heterocycles. The van der Waals surface area contributed by atoms with Crippen LogP contribution in [0.2, 0.25) is 5.02 Å². The number of benzene rings is 1. The molecular formula is C11H14ClN3O5S. The van der Waals surface area contributed by atoms with Crippen LogP contribution in [-0.2, 0) is 14.8 Å². The fourth-order valence-corrected chi connectivity index (χ4v) is 3.14. The van der Waals surface area contributed by atoms with Crippen LogP contribution in [-0.4, -0.2) is 32.8 Å². The average Bonchev–Trinajstić information content (AvgIpc) is 2.37. The molecule has 1 aromatic carbocycles. The van der Waals surface area contributed by atoms with Crippen molar-refractivity contribution >= 4 is 33.2 Å². The number of aryl methyl sites for hydroxylation is 1. The monoisotopic (exact) mass is 335 g/mol. The second-order valence-corrected chi connectivity index (χ2v) is 6.29. The first kappa shape index (κ1) is 17.3. The molecule has 116 valence electrons. The fourth-order valence-electron chi connectivity index (χ4n) is 1.57. The van der Waals surface area contributed by atoms with Gasteiger partial charge in [0.25, 0.3) is 5.69 Å². The smallest absolute Gasteiger partial charge is 0.289 e. The molecule has 0 spiro atoms. The molecule has 0 saturated carbocycles. The Kier molecular flexibility index (Phi) is 5.64. The maximum atomic E-state index is 12.1. The zero-order valence-corrected chi connectivity index (χ0v) is 12.9. The molecule has 0 radical (unpaired) electrons. The lowest BCUT2D eigenvalue weighted by molar-refractivity contribution is -0.384. The standard InChI is InChI=1S/C11H14ClN3O5S/c1-7-5-8(12)9(15(17)18)6-10(7)21(19,20)14-4-3-11(16)13-2/h5-6,14H,3-4H2,1-2H3,(H,13,16). The van der Waals surface area contributed by atoms with Crippen molar-refractivity contribution in [3.05, 3.63) is 32.8 Å². The molecule has 8 nitrogen and oxygen atoms in total. The van der Waals surface area contributed by atoms with Crippen molar-refractivity contribution in [3.8, 4) is 0 Å². The van der Waals surface area contributed by atoms with Crippen molar-refractivity contribution in [3.63, 3.8) is 0 Å². The molecule has 0 aliphatic rings. The number of nitro groups is 1. The zero-order chi connectivity index (χ0) is 16.2. The predicted molar refractivity (Wildman–Crippen MR) is 76.7 cm³/mol. The van der Waals surface area contributed by atoms with E-state index in [1.807, 2.05) is 0 Å². The number of carbonyl (C=O) groups excluding carboxylic acids is 1. The summed E-state index contributed by atoms with van der Waals surface area (Å²) in [6.45, 7) is 1.36.